The highest BCUT2D eigenvalue weighted by Gasteiger charge is 2.20. The van der Waals surface area contributed by atoms with E-state index in [1.54, 1.807) is 0 Å². The standard InChI is InChI=1S/C51H31N3O/c1-3-13-33(14-4-1)49-52-50(34-15-5-2-6-16-34)54-51(53-49)44-31-45-47-41(20-11-21-46(47)55-48(45)43-19-10-9-18-42(43)44)40-27-26-38-29-37(24-25-39(38)30-40)36-23-22-32-12-7-8-17-35(32)28-36/h1-31H. The Morgan fingerprint density at radius 3 is 1.53 bits per heavy atom. The summed E-state index contributed by atoms with van der Waals surface area (Å²) >= 11 is 0. The Hall–Kier alpha value is -7.43. The fourth-order valence-corrected chi connectivity index (χ4v) is 7.96. The number of hydrogen-bond acceptors (Lipinski definition) is 4. The SMILES string of the molecule is c1ccc(-c2nc(-c3ccccc3)nc(-c3cc4c(oc5cccc(-c6ccc7cc(-c8ccc9ccccc9c8)ccc7c6)c54)c4ccccc34)n2)cc1. The number of nitrogens with zero attached hydrogens (tertiary/aromatic N) is 3. The van der Waals surface area contributed by atoms with Crippen molar-refractivity contribution in [3.63, 3.8) is 0 Å². The third-order valence-electron chi connectivity index (χ3n) is 10.7. The first kappa shape index (κ1) is 31.1. The monoisotopic (exact) mass is 701 g/mol. The van der Waals surface area contributed by atoms with Crippen molar-refractivity contribution in [2.75, 3.05) is 0 Å². The van der Waals surface area contributed by atoms with Gasteiger partial charge >= 0.3 is 0 Å². The molecule has 0 saturated carbocycles. The highest BCUT2D eigenvalue weighted by atomic mass is 16.3. The quantitative estimate of drug-likeness (QED) is 0.179. The molecule has 0 fully saturated rings. The lowest BCUT2D eigenvalue weighted by atomic mass is 9.93. The minimum atomic E-state index is 0.616. The van der Waals surface area contributed by atoms with Gasteiger partial charge in [0.2, 0.25) is 0 Å². The topological polar surface area (TPSA) is 51.8 Å². The fourth-order valence-electron chi connectivity index (χ4n) is 7.96. The van der Waals surface area contributed by atoms with E-state index in [0.29, 0.717) is 17.5 Å². The molecule has 55 heavy (non-hydrogen) atoms. The van der Waals surface area contributed by atoms with Gasteiger partial charge in [-0.15, -0.1) is 0 Å². The van der Waals surface area contributed by atoms with Gasteiger partial charge in [0.25, 0.3) is 0 Å². The van der Waals surface area contributed by atoms with Crippen LogP contribution in [-0.2, 0) is 0 Å². The van der Waals surface area contributed by atoms with Crippen molar-refractivity contribution in [2.45, 2.75) is 0 Å². The molecule has 11 aromatic rings. The van der Waals surface area contributed by atoms with Crippen molar-refractivity contribution in [1.29, 1.82) is 0 Å². The molecule has 9 aromatic carbocycles. The molecule has 0 bridgehead atoms. The maximum Gasteiger partial charge on any atom is 0.164 e. The molecule has 0 aliphatic carbocycles. The van der Waals surface area contributed by atoms with Gasteiger partial charge in [0, 0.05) is 32.8 Å². The maximum absolute atomic E-state index is 6.73. The summed E-state index contributed by atoms with van der Waals surface area (Å²) < 4.78 is 6.73. The van der Waals surface area contributed by atoms with Crippen LogP contribution < -0.4 is 0 Å². The molecule has 2 aromatic heterocycles. The molecule has 0 aliphatic rings. The van der Waals surface area contributed by atoms with Gasteiger partial charge in [-0.3, -0.25) is 0 Å². The van der Waals surface area contributed by atoms with Crippen LogP contribution in [0.3, 0.4) is 0 Å². The average molecular weight is 702 g/mol. The normalized spacial score (nSPS) is 11.6. The van der Waals surface area contributed by atoms with E-state index >= 15 is 0 Å². The molecule has 256 valence electrons. The van der Waals surface area contributed by atoms with E-state index in [0.717, 1.165) is 60.5 Å². The lowest BCUT2D eigenvalue weighted by Gasteiger charge is -2.11. The molecule has 0 radical (unpaired) electrons. The van der Waals surface area contributed by atoms with Crippen LogP contribution in [0.4, 0.5) is 0 Å². The van der Waals surface area contributed by atoms with E-state index in [1.165, 1.54) is 32.7 Å². The van der Waals surface area contributed by atoms with Crippen LogP contribution in [0.15, 0.2) is 192 Å². The smallest absolute Gasteiger partial charge is 0.164 e. The highest BCUT2D eigenvalue weighted by molar-refractivity contribution is 6.22. The van der Waals surface area contributed by atoms with Gasteiger partial charge in [-0.05, 0) is 79.5 Å². The van der Waals surface area contributed by atoms with Crippen molar-refractivity contribution in [2.24, 2.45) is 0 Å². The predicted molar refractivity (Wildman–Crippen MR) is 227 cm³/mol. The number of rotatable bonds is 5. The Labute approximate surface area is 317 Å². The van der Waals surface area contributed by atoms with E-state index in [9.17, 15) is 0 Å². The molecule has 0 atom stereocenters. The number of aromatic nitrogens is 3. The third kappa shape index (κ3) is 5.34. The molecule has 0 saturated heterocycles. The molecule has 0 N–H and O–H groups in total. The summed E-state index contributed by atoms with van der Waals surface area (Å²) in [7, 11) is 0. The highest BCUT2D eigenvalue weighted by Crippen LogP contribution is 2.43. The first-order valence-corrected chi connectivity index (χ1v) is 18.5. The summed E-state index contributed by atoms with van der Waals surface area (Å²) in [4.78, 5) is 15.2. The van der Waals surface area contributed by atoms with Gasteiger partial charge in [0.15, 0.2) is 17.5 Å². The van der Waals surface area contributed by atoms with Crippen molar-refractivity contribution < 1.29 is 4.42 Å². The predicted octanol–water partition coefficient (Wildman–Crippen LogP) is 13.6. The van der Waals surface area contributed by atoms with Gasteiger partial charge in [0.1, 0.15) is 11.2 Å². The number of benzene rings is 9. The van der Waals surface area contributed by atoms with Crippen molar-refractivity contribution in [3.8, 4) is 56.4 Å². The second kappa shape index (κ2) is 12.6. The summed E-state index contributed by atoms with van der Waals surface area (Å²) in [5, 5.41) is 9.00. The molecular formula is C51H31N3O. The summed E-state index contributed by atoms with van der Waals surface area (Å²) in [5.74, 6) is 1.88. The van der Waals surface area contributed by atoms with Crippen molar-refractivity contribution in [3.05, 3.63) is 188 Å². The number of hydrogen-bond donors (Lipinski definition) is 0. The minimum Gasteiger partial charge on any atom is -0.455 e. The minimum absolute atomic E-state index is 0.616. The van der Waals surface area contributed by atoms with Crippen LogP contribution >= 0.6 is 0 Å². The first-order valence-electron chi connectivity index (χ1n) is 18.5. The van der Waals surface area contributed by atoms with Crippen molar-refractivity contribution >= 4 is 54.3 Å². The lowest BCUT2D eigenvalue weighted by molar-refractivity contribution is 0.673. The molecule has 2 heterocycles. The van der Waals surface area contributed by atoms with E-state index in [-0.39, 0.29) is 0 Å². The Morgan fingerprint density at radius 1 is 0.309 bits per heavy atom. The lowest BCUT2D eigenvalue weighted by Crippen LogP contribution is -2.00. The van der Waals surface area contributed by atoms with Gasteiger partial charge in [-0.25, -0.2) is 15.0 Å². The zero-order valence-electron chi connectivity index (χ0n) is 29.6. The maximum atomic E-state index is 6.73. The molecular weight excluding hydrogens is 671 g/mol. The van der Waals surface area contributed by atoms with Gasteiger partial charge < -0.3 is 4.42 Å². The van der Waals surface area contributed by atoms with Crippen LogP contribution in [0.1, 0.15) is 0 Å². The molecule has 0 spiro atoms. The van der Waals surface area contributed by atoms with Gasteiger partial charge in [-0.1, -0.05) is 158 Å². The summed E-state index contributed by atoms with van der Waals surface area (Å²) in [6, 6.07) is 65.9. The molecule has 0 unspecified atom stereocenters. The summed E-state index contributed by atoms with van der Waals surface area (Å²) in [5.41, 5.74) is 9.16. The van der Waals surface area contributed by atoms with E-state index < -0.39 is 0 Å². The molecule has 0 aliphatic heterocycles. The molecule has 0 amide bonds. The van der Waals surface area contributed by atoms with Crippen molar-refractivity contribution in [1.82, 2.24) is 15.0 Å². The third-order valence-corrected chi connectivity index (χ3v) is 10.7. The van der Waals surface area contributed by atoms with E-state index in [2.05, 4.69) is 127 Å². The zero-order chi connectivity index (χ0) is 36.3. The zero-order valence-corrected chi connectivity index (χ0v) is 29.6. The molecule has 4 heteroatoms. The second-order valence-corrected chi connectivity index (χ2v) is 14.0. The average Bonchev–Trinajstić information content (AvgIpc) is 3.65. The Balaban J connectivity index is 1.09. The summed E-state index contributed by atoms with van der Waals surface area (Å²) in [6.45, 7) is 0. The van der Waals surface area contributed by atoms with Gasteiger partial charge in [-0.2, -0.15) is 0 Å². The van der Waals surface area contributed by atoms with Crippen LogP contribution in [0, 0.1) is 0 Å². The van der Waals surface area contributed by atoms with Gasteiger partial charge in [0.05, 0.1) is 0 Å². The Kier molecular flexibility index (Phi) is 7.14. The van der Waals surface area contributed by atoms with Crippen LogP contribution in [0.2, 0.25) is 0 Å². The van der Waals surface area contributed by atoms with Crippen LogP contribution in [-0.4, -0.2) is 15.0 Å². The summed E-state index contributed by atoms with van der Waals surface area (Å²) in [6.07, 6.45) is 0. The Bertz CT molecular complexity index is 3200. The van der Waals surface area contributed by atoms with Crippen LogP contribution in [0.25, 0.3) is 111 Å². The van der Waals surface area contributed by atoms with E-state index in [1.807, 2.05) is 60.7 Å². The Morgan fingerprint density at radius 2 is 0.836 bits per heavy atom. The molecule has 11 rings (SSSR count). The number of fused-ring (bicyclic) bond motifs is 7. The number of furan rings is 1. The van der Waals surface area contributed by atoms with Crippen LogP contribution in [0.5, 0.6) is 0 Å². The first-order chi connectivity index (χ1) is 27.2. The fraction of sp³-hybridized carbons (Fsp3) is 0. The second-order valence-electron chi connectivity index (χ2n) is 14.0. The van der Waals surface area contributed by atoms with E-state index in [4.69, 9.17) is 19.4 Å². The molecule has 4 nitrogen and oxygen atoms in total. The largest absolute Gasteiger partial charge is 0.455 e.